The Kier molecular flexibility index (Phi) is 5.54. The molecule has 1 heterocycles. The molecule has 0 bridgehead atoms. The highest BCUT2D eigenvalue weighted by Gasteiger charge is 2.23. The maximum absolute atomic E-state index is 12.0. The molecule has 0 aliphatic carbocycles. The van der Waals surface area contributed by atoms with E-state index in [-0.39, 0.29) is 18.4 Å². The van der Waals surface area contributed by atoms with Crippen molar-refractivity contribution in [1.82, 2.24) is 10.5 Å². The number of rotatable bonds is 6. The fourth-order valence-electron chi connectivity index (χ4n) is 2.24. The zero-order valence-electron chi connectivity index (χ0n) is 12.4. The van der Waals surface area contributed by atoms with Gasteiger partial charge in [0.05, 0.1) is 17.7 Å². The summed E-state index contributed by atoms with van der Waals surface area (Å²) in [4.78, 5) is 12.0. The monoisotopic (exact) mass is 268 g/mol. The van der Waals surface area contributed by atoms with Crippen LogP contribution < -0.4 is 5.32 Å². The topological polar surface area (TPSA) is 75.4 Å². The summed E-state index contributed by atoms with van der Waals surface area (Å²) in [7, 11) is 0. The number of aryl methyl sites for hydroxylation is 2. The van der Waals surface area contributed by atoms with Crippen LogP contribution in [-0.4, -0.2) is 28.8 Å². The lowest BCUT2D eigenvalue weighted by Gasteiger charge is -2.16. The second-order valence-corrected chi connectivity index (χ2v) is 5.49. The highest BCUT2D eigenvalue weighted by atomic mass is 16.5. The molecule has 1 aromatic rings. The van der Waals surface area contributed by atoms with Crippen molar-refractivity contribution in [3.05, 3.63) is 17.0 Å². The normalized spacial score (nSPS) is 14.5. The standard InChI is InChI=1S/C14H24N2O3/c1-8(2)6-12(17)7-15-14(18)9(3)13-10(4)16-19-11(13)5/h8-9,12,17H,6-7H2,1-5H3,(H,15,18). The van der Waals surface area contributed by atoms with E-state index >= 15 is 0 Å². The van der Waals surface area contributed by atoms with Crippen LogP contribution in [0.2, 0.25) is 0 Å². The van der Waals surface area contributed by atoms with Gasteiger partial charge >= 0.3 is 0 Å². The molecule has 108 valence electrons. The van der Waals surface area contributed by atoms with Crippen LogP contribution in [0.4, 0.5) is 0 Å². The van der Waals surface area contributed by atoms with Crippen LogP contribution in [0.15, 0.2) is 4.52 Å². The highest BCUT2D eigenvalue weighted by molar-refractivity contribution is 5.83. The molecule has 0 radical (unpaired) electrons. The van der Waals surface area contributed by atoms with E-state index in [1.165, 1.54) is 0 Å². The van der Waals surface area contributed by atoms with Crippen molar-refractivity contribution in [2.75, 3.05) is 6.54 Å². The maximum atomic E-state index is 12.0. The smallest absolute Gasteiger partial charge is 0.227 e. The molecule has 1 rings (SSSR count). The fourth-order valence-corrected chi connectivity index (χ4v) is 2.24. The molecule has 1 aromatic heterocycles. The number of carbonyl (C=O) groups is 1. The molecule has 0 saturated carbocycles. The number of amides is 1. The fraction of sp³-hybridized carbons (Fsp3) is 0.714. The van der Waals surface area contributed by atoms with E-state index in [4.69, 9.17) is 4.52 Å². The van der Waals surface area contributed by atoms with E-state index in [9.17, 15) is 9.90 Å². The van der Waals surface area contributed by atoms with E-state index < -0.39 is 6.10 Å². The maximum Gasteiger partial charge on any atom is 0.227 e. The molecule has 0 spiro atoms. The zero-order chi connectivity index (χ0) is 14.6. The molecule has 19 heavy (non-hydrogen) atoms. The summed E-state index contributed by atoms with van der Waals surface area (Å²) in [5.41, 5.74) is 1.57. The third-order valence-electron chi connectivity index (χ3n) is 3.17. The molecular weight excluding hydrogens is 244 g/mol. The lowest BCUT2D eigenvalue weighted by molar-refractivity contribution is -0.122. The number of aliphatic hydroxyl groups is 1. The Morgan fingerprint density at radius 3 is 2.47 bits per heavy atom. The minimum absolute atomic E-state index is 0.114. The van der Waals surface area contributed by atoms with Crippen LogP contribution in [0.3, 0.4) is 0 Å². The van der Waals surface area contributed by atoms with Crippen LogP contribution in [0.5, 0.6) is 0 Å². The molecule has 5 heteroatoms. The molecular formula is C14H24N2O3. The third-order valence-corrected chi connectivity index (χ3v) is 3.17. The first-order valence-electron chi connectivity index (χ1n) is 6.71. The highest BCUT2D eigenvalue weighted by Crippen LogP contribution is 2.23. The van der Waals surface area contributed by atoms with Crippen LogP contribution in [0.1, 0.15) is 50.1 Å². The summed E-state index contributed by atoms with van der Waals surface area (Å²) < 4.78 is 5.07. The average Bonchev–Trinajstić information content (AvgIpc) is 2.64. The van der Waals surface area contributed by atoms with E-state index in [2.05, 4.69) is 10.5 Å². The van der Waals surface area contributed by atoms with Gasteiger partial charge < -0.3 is 14.9 Å². The van der Waals surface area contributed by atoms with Crippen molar-refractivity contribution < 1.29 is 14.4 Å². The Morgan fingerprint density at radius 2 is 2.00 bits per heavy atom. The number of aromatic nitrogens is 1. The number of hydrogen-bond donors (Lipinski definition) is 2. The molecule has 2 unspecified atom stereocenters. The molecule has 2 atom stereocenters. The number of carbonyl (C=O) groups excluding carboxylic acids is 1. The lowest BCUT2D eigenvalue weighted by atomic mass is 9.98. The van der Waals surface area contributed by atoms with Crippen molar-refractivity contribution in [1.29, 1.82) is 0 Å². The van der Waals surface area contributed by atoms with E-state index in [0.29, 0.717) is 18.1 Å². The van der Waals surface area contributed by atoms with Crippen LogP contribution in [0, 0.1) is 19.8 Å². The zero-order valence-corrected chi connectivity index (χ0v) is 12.4. The van der Waals surface area contributed by atoms with Crippen molar-refractivity contribution in [2.45, 2.75) is 53.1 Å². The van der Waals surface area contributed by atoms with E-state index in [0.717, 1.165) is 11.3 Å². The van der Waals surface area contributed by atoms with Gasteiger partial charge in [0.1, 0.15) is 5.76 Å². The molecule has 0 fully saturated rings. The van der Waals surface area contributed by atoms with Gasteiger partial charge in [0.2, 0.25) is 5.91 Å². The summed E-state index contributed by atoms with van der Waals surface area (Å²) >= 11 is 0. The molecule has 0 aliphatic rings. The average molecular weight is 268 g/mol. The second kappa shape index (κ2) is 6.70. The van der Waals surface area contributed by atoms with Crippen LogP contribution in [0.25, 0.3) is 0 Å². The van der Waals surface area contributed by atoms with Gasteiger partial charge in [-0.05, 0) is 33.1 Å². The number of hydrogen-bond acceptors (Lipinski definition) is 4. The minimum Gasteiger partial charge on any atom is -0.391 e. The summed E-state index contributed by atoms with van der Waals surface area (Å²) in [6.07, 6.45) is 0.181. The summed E-state index contributed by atoms with van der Waals surface area (Å²) in [5, 5.41) is 16.4. The van der Waals surface area contributed by atoms with Gasteiger partial charge in [0, 0.05) is 12.1 Å². The van der Waals surface area contributed by atoms with Gasteiger partial charge in [-0.3, -0.25) is 4.79 Å². The van der Waals surface area contributed by atoms with Gasteiger partial charge in [0.15, 0.2) is 0 Å². The molecule has 0 aromatic carbocycles. The molecule has 5 nitrogen and oxygen atoms in total. The quantitative estimate of drug-likeness (QED) is 0.826. The number of aliphatic hydroxyl groups excluding tert-OH is 1. The van der Waals surface area contributed by atoms with Crippen molar-refractivity contribution in [2.24, 2.45) is 5.92 Å². The van der Waals surface area contributed by atoms with Crippen molar-refractivity contribution in [3.63, 3.8) is 0 Å². The van der Waals surface area contributed by atoms with Gasteiger partial charge in [-0.25, -0.2) is 0 Å². The van der Waals surface area contributed by atoms with Gasteiger partial charge in [0.25, 0.3) is 0 Å². The van der Waals surface area contributed by atoms with Crippen LogP contribution >= 0.6 is 0 Å². The first-order chi connectivity index (χ1) is 8.82. The lowest BCUT2D eigenvalue weighted by Crippen LogP contribution is -2.35. The SMILES string of the molecule is Cc1noc(C)c1C(C)C(=O)NCC(O)CC(C)C. The summed E-state index contributed by atoms with van der Waals surface area (Å²) in [6.45, 7) is 9.80. The van der Waals surface area contributed by atoms with Crippen molar-refractivity contribution >= 4 is 5.91 Å². The van der Waals surface area contributed by atoms with Crippen LogP contribution in [-0.2, 0) is 4.79 Å². The molecule has 1 amide bonds. The first kappa shape index (κ1) is 15.7. The molecule has 0 aliphatic heterocycles. The Morgan fingerprint density at radius 1 is 1.37 bits per heavy atom. The predicted octanol–water partition coefficient (Wildman–Crippen LogP) is 1.92. The first-order valence-corrected chi connectivity index (χ1v) is 6.71. The van der Waals surface area contributed by atoms with Crippen molar-refractivity contribution in [3.8, 4) is 0 Å². The van der Waals surface area contributed by atoms with E-state index in [1.807, 2.05) is 27.7 Å². The van der Waals surface area contributed by atoms with Gasteiger partial charge in [-0.1, -0.05) is 19.0 Å². The molecule has 2 N–H and O–H groups in total. The van der Waals surface area contributed by atoms with Gasteiger partial charge in [-0.2, -0.15) is 0 Å². The Hall–Kier alpha value is -1.36. The number of nitrogens with one attached hydrogen (secondary N) is 1. The number of nitrogens with zero attached hydrogens (tertiary/aromatic N) is 1. The Labute approximate surface area is 114 Å². The van der Waals surface area contributed by atoms with E-state index in [1.54, 1.807) is 6.92 Å². The largest absolute Gasteiger partial charge is 0.391 e. The Bertz CT molecular complexity index is 407. The predicted molar refractivity (Wildman–Crippen MR) is 72.9 cm³/mol. The Balaban J connectivity index is 2.54. The molecule has 0 saturated heterocycles. The summed E-state index contributed by atoms with van der Waals surface area (Å²) in [5.74, 6) is 0.643. The van der Waals surface area contributed by atoms with Gasteiger partial charge in [-0.15, -0.1) is 0 Å². The minimum atomic E-state index is -0.499. The summed E-state index contributed by atoms with van der Waals surface area (Å²) in [6, 6.07) is 0. The third kappa shape index (κ3) is 4.35. The second-order valence-electron chi connectivity index (χ2n) is 5.49.